The lowest BCUT2D eigenvalue weighted by Gasteiger charge is -2.15. The highest BCUT2D eigenvalue weighted by Crippen LogP contribution is 2.28. The Balaban J connectivity index is 1.58. The number of rotatable bonds is 3. The molecule has 8 heteroatoms. The number of likely N-dealkylation sites (N-methyl/N-ethyl adjacent to an activating group) is 1. The second-order valence-corrected chi connectivity index (χ2v) is 6.67. The number of nitrogens with one attached hydrogen (secondary N) is 2. The molecule has 1 fully saturated rings. The van der Waals surface area contributed by atoms with Crippen LogP contribution in [0.15, 0.2) is 54.6 Å². The van der Waals surface area contributed by atoms with Crippen LogP contribution in [0.5, 0.6) is 0 Å². The number of carbonyl (C=O) groups excluding carboxylic acids is 3. The minimum Gasteiger partial charge on any atom is -0.350 e. The lowest BCUT2D eigenvalue weighted by atomic mass is 10.1. The number of nitrogens with zero attached hydrogens (tertiary/aromatic N) is 2. The maximum atomic E-state index is 12.7. The largest absolute Gasteiger partial charge is 0.350 e. The molecule has 27 heavy (non-hydrogen) atoms. The molecule has 3 aromatic rings. The first-order chi connectivity index (χ1) is 13.0. The highest BCUT2D eigenvalue weighted by Gasteiger charge is 2.45. The van der Waals surface area contributed by atoms with Crippen molar-refractivity contribution in [1.82, 2.24) is 20.3 Å². The first-order valence-electron chi connectivity index (χ1n) is 8.20. The summed E-state index contributed by atoms with van der Waals surface area (Å²) >= 11 is 5.96. The molecule has 0 saturated carbocycles. The molecule has 1 aliphatic rings. The number of urea groups is 1. The second kappa shape index (κ2) is 6.44. The van der Waals surface area contributed by atoms with Crippen molar-refractivity contribution < 1.29 is 14.4 Å². The van der Waals surface area contributed by atoms with E-state index >= 15 is 0 Å². The average molecular weight is 383 g/mol. The fourth-order valence-electron chi connectivity index (χ4n) is 3.14. The zero-order chi connectivity index (χ0) is 19.1. The number of fused-ring (bicyclic) bond motifs is 1. The average Bonchev–Trinajstić information content (AvgIpc) is 3.17. The van der Waals surface area contributed by atoms with Crippen LogP contribution in [-0.4, -0.2) is 39.8 Å². The van der Waals surface area contributed by atoms with Gasteiger partial charge in [-0.25, -0.2) is 4.79 Å². The normalized spacial score (nSPS) is 17.0. The van der Waals surface area contributed by atoms with Crippen molar-refractivity contribution in [1.29, 1.82) is 0 Å². The lowest BCUT2D eigenvalue weighted by Crippen LogP contribution is -2.46. The second-order valence-electron chi connectivity index (χ2n) is 6.24. The molecule has 1 atom stereocenters. The van der Waals surface area contributed by atoms with E-state index < -0.39 is 23.9 Å². The van der Waals surface area contributed by atoms with E-state index in [0.717, 1.165) is 15.9 Å². The van der Waals surface area contributed by atoms with Crippen molar-refractivity contribution in [3.05, 3.63) is 70.9 Å². The molecule has 0 radical (unpaired) electrons. The first kappa shape index (κ1) is 17.1. The third-order valence-electron chi connectivity index (χ3n) is 4.49. The van der Waals surface area contributed by atoms with Gasteiger partial charge in [0.2, 0.25) is 0 Å². The summed E-state index contributed by atoms with van der Waals surface area (Å²) in [7, 11) is 1.52. The molecule has 4 rings (SSSR count). The van der Waals surface area contributed by atoms with Crippen LogP contribution < -0.4 is 5.43 Å². The topological polar surface area (TPSA) is 85.5 Å². The maximum Gasteiger partial charge on any atom is 0.346 e. The smallest absolute Gasteiger partial charge is 0.346 e. The van der Waals surface area contributed by atoms with Gasteiger partial charge >= 0.3 is 6.03 Å². The molecule has 1 aromatic heterocycles. The van der Waals surface area contributed by atoms with E-state index in [4.69, 9.17) is 11.6 Å². The molecule has 2 heterocycles. The standard InChI is InChI=1S/C19H15ClN4O3/c1-23-16(11-5-3-2-4-6-11)18(26)24(19(23)27)22-17(25)15-10-12-9-13(20)7-8-14(12)21-15/h2-10,16,21H,1H3,(H,22,25)/t16-/m0/s1. The Morgan fingerprint density at radius 1 is 1.11 bits per heavy atom. The quantitative estimate of drug-likeness (QED) is 0.682. The minimum absolute atomic E-state index is 0.221. The summed E-state index contributed by atoms with van der Waals surface area (Å²) in [5.74, 6) is -1.10. The Bertz CT molecular complexity index is 1060. The highest BCUT2D eigenvalue weighted by atomic mass is 35.5. The Labute approximate surface area is 159 Å². The number of hydrogen-bond donors (Lipinski definition) is 2. The number of imide groups is 1. The number of halogens is 1. The van der Waals surface area contributed by atoms with E-state index in [1.807, 2.05) is 6.07 Å². The van der Waals surface area contributed by atoms with Crippen LogP contribution in [0.1, 0.15) is 22.1 Å². The van der Waals surface area contributed by atoms with Crippen LogP contribution >= 0.6 is 11.6 Å². The molecule has 1 saturated heterocycles. The van der Waals surface area contributed by atoms with E-state index in [9.17, 15) is 14.4 Å². The van der Waals surface area contributed by atoms with Crippen LogP contribution in [0.4, 0.5) is 4.79 Å². The van der Waals surface area contributed by atoms with Crippen molar-refractivity contribution in [2.75, 3.05) is 7.05 Å². The number of carbonyl (C=O) groups is 3. The molecule has 2 N–H and O–H groups in total. The van der Waals surface area contributed by atoms with E-state index in [1.165, 1.54) is 11.9 Å². The highest BCUT2D eigenvalue weighted by molar-refractivity contribution is 6.31. The zero-order valence-electron chi connectivity index (χ0n) is 14.3. The van der Waals surface area contributed by atoms with Gasteiger partial charge in [-0.1, -0.05) is 41.9 Å². The van der Waals surface area contributed by atoms with Gasteiger partial charge in [0.15, 0.2) is 0 Å². The van der Waals surface area contributed by atoms with Gasteiger partial charge in [0.1, 0.15) is 11.7 Å². The monoisotopic (exact) mass is 382 g/mol. The van der Waals surface area contributed by atoms with Gasteiger partial charge in [-0.15, -0.1) is 0 Å². The molecular formula is C19H15ClN4O3. The van der Waals surface area contributed by atoms with Crippen LogP contribution in [-0.2, 0) is 4.79 Å². The molecule has 4 amide bonds. The Kier molecular flexibility index (Phi) is 4.08. The van der Waals surface area contributed by atoms with E-state index in [0.29, 0.717) is 10.6 Å². The Hall–Kier alpha value is -3.32. The van der Waals surface area contributed by atoms with Gasteiger partial charge in [-0.2, -0.15) is 5.01 Å². The number of amides is 4. The molecule has 1 aliphatic heterocycles. The van der Waals surface area contributed by atoms with Crippen molar-refractivity contribution in [3.8, 4) is 0 Å². The van der Waals surface area contributed by atoms with E-state index in [1.54, 1.807) is 48.5 Å². The number of hydrazine groups is 1. The van der Waals surface area contributed by atoms with Crippen LogP contribution in [0.25, 0.3) is 10.9 Å². The van der Waals surface area contributed by atoms with Gasteiger partial charge in [-0.3, -0.25) is 15.0 Å². The van der Waals surface area contributed by atoms with Crippen molar-refractivity contribution >= 4 is 40.3 Å². The van der Waals surface area contributed by atoms with Crippen molar-refractivity contribution in [3.63, 3.8) is 0 Å². The molecule has 7 nitrogen and oxygen atoms in total. The summed E-state index contributed by atoms with van der Waals surface area (Å²) in [5.41, 5.74) is 4.01. The minimum atomic E-state index is -0.777. The molecule has 2 aromatic carbocycles. The van der Waals surface area contributed by atoms with Gasteiger partial charge in [0.25, 0.3) is 11.8 Å². The summed E-state index contributed by atoms with van der Waals surface area (Å²) in [6, 6.07) is 14.3. The van der Waals surface area contributed by atoms with Crippen LogP contribution in [0.2, 0.25) is 5.02 Å². The Morgan fingerprint density at radius 2 is 1.85 bits per heavy atom. The van der Waals surface area contributed by atoms with Gasteiger partial charge in [0.05, 0.1) is 0 Å². The van der Waals surface area contributed by atoms with Crippen molar-refractivity contribution in [2.45, 2.75) is 6.04 Å². The summed E-state index contributed by atoms with van der Waals surface area (Å²) in [6.45, 7) is 0. The zero-order valence-corrected chi connectivity index (χ0v) is 15.0. The van der Waals surface area contributed by atoms with Gasteiger partial charge in [0, 0.05) is 23.0 Å². The number of H-pyrrole nitrogens is 1. The predicted molar refractivity (Wildman–Crippen MR) is 100.0 cm³/mol. The molecular weight excluding hydrogens is 368 g/mol. The summed E-state index contributed by atoms with van der Waals surface area (Å²) in [5, 5.41) is 2.05. The van der Waals surface area contributed by atoms with Gasteiger partial charge in [-0.05, 0) is 29.8 Å². The number of aromatic amines is 1. The van der Waals surface area contributed by atoms with Gasteiger partial charge < -0.3 is 9.88 Å². The van der Waals surface area contributed by atoms with E-state index in [2.05, 4.69) is 10.4 Å². The summed E-state index contributed by atoms with van der Waals surface area (Å²) in [4.78, 5) is 42.0. The molecule has 136 valence electrons. The molecule has 0 aliphatic carbocycles. The molecule has 0 unspecified atom stereocenters. The molecule has 0 spiro atoms. The fourth-order valence-corrected chi connectivity index (χ4v) is 3.32. The maximum absolute atomic E-state index is 12.7. The molecule has 0 bridgehead atoms. The third kappa shape index (κ3) is 2.92. The van der Waals surface area contributed by atoms with Crippen LogP contribution in [0.3, 0.4) is 0 Å². The fraction of sp³-hybridized carbons (Fsp3) is 0.105. The predicted octanol–water partition coefficient (Wildman–Crippen LogP) is 3.10. The SMILES string of the molecule is CN1C(=O)N(NC(=O)c2cc3cc(Cl)ccc3[nH]2)C(=O)[C@@H]1c1ccccc1. The Morgan fingerprint density at radius 3 is 2.59 bits per heavy atom. The number of hydrogen-bond acceptors (Lipinski definition) is 3. The summed E-state index contributed by atoms with van der Waals surface area (Å²) < 4.78 is 0. The van der Waals surface area contributed by atoms with Crippen molar-refractivity contribution in [2.24, 2.45) is 0 Å². The number of benzene rings is 2. The lowest BCUT2D eigenvalue weighted by molar-refractivity contribution is -0.129. The number of aromatic nitrogens is 1. The van der Waals surface area contributed by atoms with Crippen LogP contribution in [0, 0.1) is 0 Å². The summed E-state index contributed by atoms with van der Waals surface area (Å²) in [6.07, 6.45) is 0. The first-order valence-corrected chi connectivity index (χ1v) is 8.58. The third-order valence-corrected chi connectivity index (χ3v) is 4.73. The van der Waals surface area contributed by atoms with E-state index in [-0.39, 0.29) is 5.69 Å².